The molecule has 0 amide bonds. The predicted octanol–water partition coefficient (Wildman–Crippen LogP) is 2.55. The van der Waals surface area contributed by atoms with Gasteiger partial charge >= 0.3 is 0 Å². The summed E-state index contributed by atoms with van der Waals surface area (Å²) in [6.45, 7) is 6.19. The van der Waals surface area contributed by atoms with Gasteiger partial charge in [0.05, 0.1) is 7.11 Å². The molecule has 1 N–H and O–H groups in total. The van der Waals surface area contributed by atoms with E-state index in [0.29, 0.717) is 17.8 Å². The van der Waals surface area contributed by atoms with Crippen LogP contribution in [-0.2, 0) is 0 Å². The zero-order valence-electron chi connectivity index (χ0n) is 8.73. The maximum Gasteiger partial charge on any atom is 0.190 e. The first-order chi connectivity index (χ1) is 7.10. The molecule has 0 aromatic heterocycles. The van der Waals surface area contributed by atoms with Gasteiger partial charge in [-0.25, -0.2) is 8.78 Å². The monoisotopic (exact) mass is 213 g/mol. The highest BCUT2D eigenvalue weighted by molar-refractivity contribution is 5.62. The van der Waals surface area contributed by atoms with Crippen molar-refractivity contribution in [3.63, 3.8) is 0 Å². The Morgan fingerprint density at radius 3 is 2.33 bits per heavy atom. The molecule has 0 radical (unpaired) electrons. The van der Waals surface area contributed by atoms with Gasteiger partial charge in [-0.05, 0) is 19.1 Å². The van der Waals surface area contributed by atoms with Crippen molar-refractivity contribution in [1.29, 1.82) is 0 Å². The van der Waals surface area contributed by atoms with Crippen molar-refractivity contribution in [3.05, 3.63) is 35.9 Å². The summed E-state index contributed by atoms with van der Waals surface area (Å²) in [6, 6.07) is 2.37. The molecule has 0 saturated carbocycles. The van der Waals surface area contributed by atoms with E-state index in [1.807, 2.05) is 6.92 Å². The van der Waals surface area contributed by atoms with Crippen molar-refractivity contribution in [1.82, 2.24) is 5.32 Å². The Morgan fingerprint density at radius 2 is 1.93 bits per heavy atom. The largest absolute Gasteiger partial charge is 0.491 e. The highest BCUT2D eigenvalue weighted by atomic mass is 19.1. The minimum Gasteiger partial charge on any atom is -0.491 e. The molecule has 0 aliphatic carbocycles. The number of nitrogens with one attached hydrogen (secondary N) is 1. The number of benzene rings is 1. The van der Waals surface area contributed by atoms with Gasteiger partial charge in [0.2, 0.25) is 0 Å². The van der Waals surface area contributed by atoms with Crippen LogP contribution in [0.15, 0.2) is 18.7 Å². The molecular weight excluding hydrogens is 200 g/mol. The Balaban J connectivity index is 3.08. The quantitative estimate of drug-likeness (QED) is 0.829. The van der Waals surface area contributed by atoms with Crippen LogP contribution in [0.4, 0.5) is 8.78 Å². The number of ether oxygens (including phenoxy) is 1. The second-order valence-corrected chi connectivity index (χ2v) is 2.98. The van der Waals surface area contributed by atoms with Crippen molar-refractivity contribution in [3.8, 4) is 5.75 Å². The molecule has 0 spiro atoms. The molecule has 1 aromatic rings. The van der Waals surface area contributed by atoms with Crippen molar-refractivity contribution in [2.75, 3.05) is 13.7 Å². The summed E-state index contributed by atoms with van der Waals surface area (Å²) in [5.41, 5.74) is 0.866. The smallest absolute Gasteiger partial charge is 0.190 e. The maximum atomic E-state index is 13.3. The molecule has 0 heterocycles. The van der Waals surface area contributed by atoms with Gasteiger partial charge < -0.3 is 10.1 Å². The first-order valence-corrected chi connectivity index (χ1v) is 4.56. The van der Waals surface area contributed by atoms with E-state index in [2.05, 4.69) is 16.6 Å². The van der Waals surface area contributed by atoms with Gasteiger partial charge in [0.25, 0.3) is 0 Å². The summed E-state index contributed by atoms with van der Waals surface area (Å²) >= 11 is 0. The molecule has 0 fully saturated rings. The van der Waals surface area contributed by atoms with Gasteiger partial charge in [-0.15, -0.1) is 0 Å². The number of methoxy groups -OCH3 is 1. The first kappa shape index (κ1) is 11.5. The van der Waals surface area contributed by atoms with Crippen molar-refractivity contribution in [2.45, 2.75) is 6.92 Å². The third kappa shape index (κ3) is 2.46. The summed E-state index contributed by atoms with van der Waals surface area (Å²) < 4.78 is 31.1. The minimum absolute atomic E-state index is 0.372. The van der Waals surface area contributed by atoms with Crippen LogP contribution in [0.2, 0.25) is 0 Å². The van der Waals surface area contributed by atoms with Crippen molar-refractivity contribution in [2.24, 2.45) is 0 Å². The van der Waals surface area contributed by atoms with Crippen LogP contribution in [-0.4, -0.2) is 13.7 Å². The maximum absolute atomic E-state index is 13.3. The Morgan fingerprint density at radius 1 is 1.40 bits per heavy atom. The Labute approximate surface area is 87.6 Å². The Bertz CT molecular complexity index is 354. The zero-order valence-corrected chi connectivity index (χ0v) is 8.73. The van der Waals surface area contributed by atoms with E-state index in [4.69, 9.17) is 0 Å². The van der Waals surface area contributed by atoms with Crippen LogP contribution in [0.5, 0.6) is 5.75 Å². The van der Waals surface area contributed by atoms with Gasteiger partial charge in [0.1, 0.15) is 0 Å². The van der Waals surface area contributed by atoms with Gasteiger partial charge in [-0.3, -0.25) is 0 Å². The third-order valence-electron chi connectivity index (χ3n) is 1.94. The highest BCUT2D eigenvalue weighted by Crippen LogP contribution is 2.24. The SMILES string of the molecule is C=C(NCC)c1cc(F)c(OC)c(F)c1. The Hall–Kier alpha value is -1.58. The topological polar surface area (TPSA) is 21.3 Å². The molecule has 0 saturated heterocycles. The lowest BCUT2D eigenvalue weighted by atomic mass is 10.1. The standard InChI is InChI=1S/C11H13F2NO/c1-4-14-7(2)8-5-9(12)11(15-3)10(13)6-8/h5-6,14H,2,4H2,1,3H3. The third-order valence-corrected chi connectivity index (χ3v) is 1.94. The summed E-state index contributed by atoms with van der Waals surface area (Å²) in [7, 11) is 1.22. The summed E-state index contributed by atoms with van der Waals surface area (Å²) in [5, 5.41) is 2.89. The fraction of sp³-hybridized carbons (Fsp3) is 0.273. The van der Waals surface area contributed by atoms with E-state index >= 15 is 0 Å². The number of hydrogen-bond acceptors (Lipinski definition) is 2. The molecule has 0 unspecified atom stereocenters. The van der Waals surface area contributed by atoms with Crippen molar-refractivity contribution < 1.29 is 13.5 Å². The lowest BCUT2D eigenvalue weighted by Crippen LogP contribution is -2.10. The van der Waals surface area contributed by atoms with E-state index in [1.165, 1.54) is 19.2 Å². The fourth-order valence-electron chi connectivity index (χ4n) is 1.24. The molecule has 0 aliphatic rings. The molecule has 0 bridgehead atoms. The number of rotatable bonds is 4. The molecule has 15 heavy (non-hydrogen) atoms. The molecule has 0 atom stereocenters. The van der Waals surface area contributed by atoms with Crippen LogP contribution in [0.1, 0.15) is 12.5 Å². The second-order valence-electron chi connectivity index (χ2n) is 2.98. The number of hydrogen-bond donors (Lipinski definition) is 1. The molecule has 4 heteroatoms. The van der Waals surface area contributed by atoms with E-state index < -0.39 is 11.6 Å². The lowest BCUT2D eigenvalue weighted by molar-refractivity contribution is 0.359. The number of halogens is 2. The van der Waals surface area contributed by atoms with Gasteiger partial charge in [0.15, 0.2) is 17.4 Å². The van der Waals surface area contributed by atoms with E-state index in [0.717, 1.165) is 0 Å². The van der Waals surface area contributed by atoms with E-state index in [1.54, 1.807) is 0 Å². The van der Waals surface area contributed by atoms with Crippen LogP contribution < -0.4 is 10.1 Å². The average Bonchev–Trinajstić information content (AvgIpc) is 2.17. The molecule has 0 aliphatic heterocycles. The van der Waals surface area contributed by atoms with Crippen molar-refractivity contribution >= 4 is 5.70 Å². The van der Waals surface area contributed by atoms with E-state index in [-0.39, 0.29) is 5.75 Å². The molecule has 1 rings (SSSR count). The van der Waals surface area contributed by atoms with Crippen LogP contribution >= 0.6 is 0 Å². The highest BCUT2D eigenvalue weighted by Gasteiger charge is 2.12. The summed E-state index contributed by atoms with van der Waals surface area (Å²) in [4.78, 5) is 0. The normalized spacial score (nSPS) is 9.87. The molecular formula is C11H13F2NO. The lowest BCUT2D eigenvalue weighted by Gasteiger charge is -2.10. The van der Waals surface area contributed by atoms with Crippen LogP contribution in [0.3, 0.4) is 0 Å². The van der Waals surface area contributed by atoms with E-state index in [9.17, 15) is 8.78 Å². The van der Waals surface area contributed by atoms with Gasteiger partial charge in [-0.2, -0.15) is 0 Å². The second kappa shape index (κ2) is 4.77. The molecule has 82 valence electrons. The average molecular weight is 213 g/mol. The molecule has 1 aromatic carbocycles. The fourth-order valence-corrected chi connectivity index (χ4v) is 1.24. The minimum atomic E-state index is -0.730. The predicted molar refractivity (Wildman–Crippen MR) is 55.6 cm³/mol. The van der Waals surface area contributed by atoms with Crippen LogP contribution in [0.25, 0.3) is 5.70 Å². The molecule has 2 nitrogen and oxygen atoms in total. The first-order valence-electron chi connectivity index (χ1n) is 4.56. The van der Waals surface area contributed by atoms with Crippen LogP contribution in [0, 0.1) is 11.6 Å². The summed E-state index contributed by atoms with van der Waals surface area (Å²) in [6.07, 6.45) is 0. The Kier molecular flexibility index (Phi) is 3.66. The summed E-state index contributed by atoms with van der Waals surface area (Å²) in [5.74, 6) is -1.83. The van der Waals surface area contributed by atoms with Gasteiger partial charge in [-0.1, -0.05) is 6.58 Å². The van der Waals surface area contributed by atoms with Gasteiger partial charge in [0, 0.05) is 17.8 Å². The zero-order chi connectivity index (χ0) is 11.4.